The van der Waals surface area contributed by atoms with Crippen LogP contribution in [-0.4, -0.2) is 18.1 Å². The first-order valence-electron chi connectivity index (χ1n) is 7.63. The zero-order chi connectivity index (χ0) is 14.4. The van der Waals surface area contributed by atoms with Gasteiger partial charge in [-0.05, 0) is 25.0 Å². The van der Waals surface area contributed by atoms with E-state index in [1.165, 1.54) is 0 Å². The van der Waals surface area contributed by atoms with Gasteiger partial charge in [-0.3, -0.25) is 4.79 Å². The summed E-state index contributed by atoms with van der Waals surface area (Å²) in [5, 5.41) is 1.10. The first-order chi connectivity index (χ1) is 9.76. The van der Waals surface area contributed by atoms with E-state index in [0.717, 1.165) is 55.4 Å². The molecule has 0 aliphatic rings. The van der Waals surface area contributed by atoms with E-state index in [2.05, 4.69) is 23.7 Å². The lowest BCUT2D eigenvalue weighted by Crippen LogP contribution is -2.31. The van der Waals surface area contributed by atoms with Crippen LogP contribution in [0.3, 0.4) is 0 Å². The van der Waals surface area contributed by atoms with Crippen molar-refractivity contribution in [3.63, 3.8) is 0 Å². The van der Waals surface area contributed by atoms with E-state index in [1.807, 2.05) is 30.3 Å². The molecule has 0 saturated heterocycles. The molecule has 0 saturated carbocycles. The molecule has 1 aromatic carbocycles. The molecular formula is C17H24N2O. The second-order valence-electron chi connectivity index (χ2n) is 5.27. The molecule has 0 aliphatic heterocycles. The van der Waals surface area contributed by atoms with E-state index >= 15 is 0 Å². The molecule has 3 heteroatoms. The third-order valence-corrected chi connectivity index (χ3v) is 3.64. The smallest absolute Gasteiger partial charge is 0.271 e. The number of hydrogen-bond acceptors (Lipinski definition) is 2. The third kappa shape index (κ3) is 3.41. The Morgan fingerprint density at radius 1 is 1.05 bits per heavy atom. The molecule has 0 spiro atoms. The highest BCUT2D eigenvalue weighted by Gasteiger charge is 2.10. The molecule has 0 fully saturated rings. The molecule has 0 radical (unpaired) electrons. The minimum absolute atomic E-state index is 0.0240. The van der Waals surface area contributed by atoms with Gasteiger partial charge in [0.2, 0.25) is 0 Å². The van der Waals surface area contributed by atoms with Crippen LogP contribution in [0, 0.1) is 0 Å². The van der Waals surface area contributed by atoms with Gasteiger partial charge in [-0.15, -0.1) is 0 Å². The summed E-state index contributed by atoms with van der Waals surface area (Å²) in [4.78, 5) is 17.5. The van der Waals surface area contributed by atoms with Crippen LogP contribution in [-0.2, 0) is 0 Å². The van der Waals surface area contributed by atoms with Crippen LogP contribution in [0.4, 0.5) is 5.69 Å². The largest absolute Gasteiger partial charge is 0.367 e. The summed E-state index contributed by atoms with van der Waals surface area (Å²) in [5.74, 6) is 0. The maximum absolute atomic E-state index is 12.3. The summed E-state index contributed by atoms with van der Waals surface area (Å²) in [5.41, 5.74) is 1.74. The topological polar surface area (TPSA) is 36.1 Å². The predicted molar refractivity (Wildman–Crippen MR) is 86.6 cm³/mol. The van der Waals surface area contributed by atoms with Gasteiger partial charge in [-0.25, -0.2) is 0 Å². The zero-order valence-corrected chi connectivity index (χ0v) is 12.5. The van der Waals surface area contributed by atoms with Crippen LogP contribution < -0.4 is 10.5 Å². The number of benzene rings is 1. The van der Waals surface area contributed by atoms with Crippen LogP contribution in [0.1, 0.15) is 39.5 Å². The molecule has 0 bridgehead atoms. The van der Waals surface area contributed by atoms with Crippen molar-refractivity contribution in [2.24, 2.45) is 0 Å². The molecule has 3 nitrogen and oxygen atoms in total. The summed E-state index contributed by atoms with van der Waals surface area (Å²) in [6.07, 6.45) is 4.54. The Balaban J connectivity index is 2.35. The van der Waals surface area contributed by atoms with Gasteiger partial charge in [0.15, 0.2) is 0 Å². The molecule has 0 unspecified atom stereocenters. The van der Waals surface area contributed by atoms with Crippen LogP contribution in [0.25, 0.3) is 10.9 Å². The fourth-order valence-corrected chi connectivity index (χ4v) is 2.42. The van der Waals surface area contributed by atoms with Crippen molar-refractivity contribution in [3.05, 3.63) is 40.7 Å². The second kappa shape index (κ2) is 7.13. The Morgan fingerprint density at radius 3 is 2.35 bits per heavy atom. The lowest BCUT2D eigenvalue weighted by atomic mass is 10.2. The molecule has 1 aromatic heterocycles. The minimum atomic E-state index is 0.0240. The Hall–Kier alpha value is -1.77. The van der Waals surface area contributed by atoms with Crippen molar-refractivity contribution < 1.29 is 0 Å². The van der Waals surface area contributed by atoms with Gasteiger partial charge in [0.25, 0.3) is 5.56 Å². The van der Waals surface area contributed by atoms with Gasteiger partial charge in [0.1, 0.15) is 5.69 Å². The van der Waals surface area contributed by atoms with E-state index in [-0.39, 0.29) is 5.56 Å². The number of nitrogens with one attached hydrogen (secondary N) is 1. The summed E-state index contributed by atoms with van der Waals surface area (Å²) in [6, 6.07) is 9.98. The van der Waals surface area contributed by atoms with Crippen molar-refractivity contribution in [1.82, 2.24) is 4.98 Å². The van der Waals surface area contributed by atoms with Crippen molar-refractivity contribution in [3.8, 4) is 0 Å². The normalized spacial score (nSPS) is 10.9. The number of hydrogen-bond donors (Lipinski definition) is 1. The molecule has 0 amide bonds. The van der Waals surface area contributed by atoms with Crippen LogP contribution >= 0.6 is 0 Å². The average Bonchev–Trinajstić information content (AvgIpc) is 2.47. The lowest BCUT2D eigenvalue weighted by Gasteiger charge is -2.24. The van der Waals surface area contributed by atoms with Crippen molar-refractivity contribution in [2.75, 3.05) is 18.0 Å². The maximum Gasteiger partial charge on any atom is 0.271 e. The number of fused-ring (bicyclic) bond motifs is 1. The summed E-state index contributed by atoms with van der Waals surface area (Å²) >= 11 is 0. The Kier molecular flexibility index (Phi) is 5.22. The van der Waals surface area contributed by atoms with Crippen molar-refractivity contribution in [2.45, 2.75) is 39.5 Å². The summed E-state index contributed by atoms with van der Waals surface area (Å²) < 4.78 is 0. The number of H-pyrrole nitrogens is 1. The molecular weight excluding hydrogens is 248 g/mol. The number of para-hydroxylation sites is 1. The van der Waals surface area contributed by atoms with E-state index < -0.39 is 0 Å². The van der Waals surface area contributed by atoms with Crippen LogP contribution in [0.15, 0.2) is 35.1 Å². The van der Waals surface area contributed by atoms with Crippen molar-refractivity contribution >= 4 is 16.6 Å². The number of aromatic nitrogens is 1. The monoisotopic (exact) mass is 272 g/mol. The van der Waals surface area contributed by atoms with Gasteiger partial charge in [-0.1, -0.05) is 44.9 Å². The number of anilines is 1. The number of aromatic amines is 1. The highest BCUT2D eigenvalue weighted by molar-refractivity contribution is 5.81. The molecule has 20 heavy (non-hydrogen) atoms. The minimum Gasteiger partial charge on any atom is -0.367 e. The van der Waals surface area contributed by atoms with Crippen LogP contribution in [0.5, 0.6) is 0 Å². The Labute approximate surface area is 120 Å². The lowest BCUT2D eigenvalue weighted by molar-refractivity contribution is 0.675. The van der Waals surface area contributed by atoms with E-state index in [4.69, 9.17) is 0 Å². The molecule has 1 heterocycles. The third-order valence-electron chi connectivity index (χ3n) is 3.64. The molecule has 2 aromatic rings. The fraction of sp³-hybridized carbons (Fsp3) is 0.471. The van der Waals surface area contributed by atoms with Gasteiger partial charge in [0, 0.05) is 24.0 Å². The Bertz CT molecular complexity index is 595. The second-order valence-corrected chi connectivity index (χ2v) is 5.27. The SMILES string of the molecule is CCCCN(CCCC)c1cc2ccccc2[nH]c1=O. The van der Waals surface area contributed by atoms with Gasteiger partial charge in [-0.2, -0.15) is 0 Å². The summed E-state index contributed by atoms with van der Waals surface area (Å²) in [7, 11) is 0. The maximum atomic E-state index is 12.3. The first kappa shape index (κ1) is 14.6. The van der Waals surface area contributed by atoms with Crippen molar-refractivity contribution in [1.29, 1.82) is 0 Å². The first-order valence-corrected chi connectivity index (χ1v) is 7.63. The molecule has 1 N–H and O–H groups in total. The quantitative estimate of drug-likeness (QED) is 0.829. The molecule has 0 atom stereocenters. The zero-order valence-electron chi connectivity index (χ0n) is 12.5. The number of nitrogens with zero attached hydrogens (tertiary/aromatic N) is 1. The van der Waals surface area contributed by atoms with E-state index in [1.54, 1.807) is 0 Å². The highest BCUT2D eigenvalue weighted by atomic mass is 16.1. The fourth-order valence-electron chi connectivity index (χ4n) is 2.42. The number of pyridine rings is 1. The standard InChI is InChI=1S/C17H24N2O/c1-3-5-11-19(12-6-4-2)16-13-14-9-7-8-10-15(14)18-17(16)20/h7-10,13H,3-6,11-12H2,1-2H3,(H,18,20). The molecule has 108 valence electrons. The highest BCUT2D eigenvalue weighted by Crippen LogP contribution is 2.17. The van der Waals surface area contributed by atoms with Gasteiger partial charge < -0.3 is 9.88 Å². The van der Waals surface area contributed by atoms with E-state index in [0.29, 0.717) is 0 Å². The Morgan fingerprint density at radius 2 is 1.70 bits per heavy atom. The predicted octanol–water partition coefficient (Wildman–Crippen LogP) is 3.93. The molecule has 0 aliphatic carbocycles. The van der Waals surface area contributed by atoms with Gasteiger partial charge in [0.05, 0.1) is 0 Å². The van der Waals surface area contributed by atoms with Gasteiger partial charge >= 0.3 is 0 Å². The number of rotatable bonds is 7. The molecule has 2 rings (SSSR count). The van der Waals surface area contributed by atoms with Crippen LogP contribution in [0.2, 0.25) is 0 Å². The summed E-state index contributed by atoms with van der Waals surface area (Å²) in [6.45, 7) is 6.28. The average molecular weight is 272 g/mol. The number of unbranched alkanes of at least 4 members (excludes halogenated alkanes) is 2. The van der Waals surface area contributed by atoms with E-state index in [9.17, 15) is 4.79 Å².